The first-order valence-corrected chi connectivity index (χ1v) is 7.19. The van der Waals surface area contributed by atoms with Crippen LogP contribution in [0, 0.1) is 17.7 Å². The Hall–Kier alpha value is -1.09. The monoisotopic (exact) mass is 265 g/mol. The van der Waals surface area contributed by atoms with Gasteiger partial charge in [0.15, 0.2) is 11.6 Å². The van der Waals surface area contributed by atoms with Crippen LogP contribution in [0.15, 0.2) is 18.2 Å². The van der Waals surface area contributed by atoms with E-state index in [9.17, 15) is 4.39 Å². The summed E-state index contributed by atoms with van der Waals surface area (Å²) in [7, 11) is 0. The quantitative estimate of drug-likeness (QED) is 0.895. The highest BCUT2D eigenvalue weighted by atomic mass is 19.1. The number of nitrogens with two attached hydrogens (primary N) is 1. The SMILES string of the molecule is CC1CCC(Oc2c(F)cccc2[C@H](C)N)CC1C. The fourth-order valence-corrected chi connectivity index (χ4v) is 2.78. The number of hydrogen-bond donors (Lipinski definition) is 1. The number of halogens is 1. The summed E-state index contributed by atoms with van der Waals surface area (Å²) < 4.78 is 19.9. The third kappa shape index (κ3) is 3.27. The molecule has 0 aromatic heterocycles. The fourth-order valence-electron chi connectivity index (χ4n) is 2.78. The van der Waals surface area contributed by atoms with Crippen molar-refractivity contribution in [3.05, 3.63) is 29.6 Å². The minimum atomic E-state index is -0.305. The summed E-state index contributed by atoms with van der Waals surface area (Å²) in [5.74, 6) is 1.41. The molecule has 0 bridgehead atoms. The van der Waals surface area contributed by atoms with Crippen LogP contribution in [0.2, 0.25) is 0 Å². The van der Waals surface area contributed by atoms with Gasteiger partial charge in [0.1, 0.15) is 0 Å². The van der Waals surface area contributed by atoms with E-state index >= 15 is 0 Å². The minimum Gasteiger partial charge on any atom is -0.487 e. The molecule has 2 nitrogen and oxygen atoms in total. The molecule has 1 fully saturated rings. The number of para-hydroxylation sites is 1. The number of rotatable bonds is 3. The number of benzene rings is 1. The first-order valence-electron chi connectivity index (χ1n) is 7.19. The molecular formula is C16H24FNO. The molecule has 19 heavy (non-hydrogen) atoms. The van der Waals surface area contributed by atoms with Crippen LogP contribution in [-0.2, 0) is 0 Å². The van der Waals surface area contributed by atoms with Gasteiger partial charge < -0.3 is 10.5 Å². The summed E-state index contributed by atoms with van der Waals surface area (Å²) in [6, 6.07) is 4.76. The lowest BCUT2D eigenvalue weighted by atomic mass is 9.80. The van der Waals surface area contributed by atoms with Gasteiger partial charge >= 0.3 is 0 Å². The highest BCUT2D eigenvalue weighted by molar-refractivity contribution is 5.37. The second kappa shape index (κ2) is 5.91. The van der Waals surface area contributed by atoms with Crippen molar-refractivity contribution in [2.75, 3.05) is 0 Å². The topological polar surface area (TPSA) is 35.2 Å². The van der Waals surface area contributed by atoms with Gasteiger partial charge in [-0.05, 0) is 44.1 Å². The first kappa shape index (κ1) is 14.3. The van der Waals surface area contributed by atoms with Gasteiger partial charge in [0.05, 0.1) is 6.10 Å². The van der Waals surface area contributed by atoms with E-state index in [2.05, 4.69) is 13.8 Å². The second-order valence-corrected chi connectivity index (χ2v) is 5.95. The molecule has 106 valence electrons. The van der Waals surface area contributed by atoms with Gasteiger partial charge in [-0.3, -0.25) is 0 Å². The zero-order valence-corrected chi connectivity index (χ0v) is 12.0. The highest BCUT2D eigenvalue weighted by Crippen LogP contribution is 2.34. The van der Waals surface area contributed by atoms with Gasteiger partial charge in [0, 0.05) is 11.6 Å². The Bertz CT molecular complexity index is 433. The van der Waals surface area contributed by atoms with E-state index in [1.54, 1.807) is 6.07 Å². The van der Waals surface area contributed by atoms with Gasteiger partial charge in [-0.1, -0.05) is 26.0 Å². The maximum Gasteiger partial charge on any atom is 0.165 e. The summed E-state index contributed by atoms with van der Waals surface area (Å²) in [4.78, 5) is 0. The van der Waals surface area contributed by atoms with Gasteiger partial charge in [0.2, 0.25) is 0 Å². The van der Waals surface area contributed by atoms with Crippen LogP contribution in [0.3, 0.4) is 0 Å². The van der Waals surface area contributed by atoms with Crippen molar-refractivity contribution in [2.24, 2.45) is 17.6 Å². The highest BCUT2D eigenvalue weighted by Gasteiger charge is 2.27. The first-order chi connectivity index (χ1) is 8.99. The summed E-state index contributed by atoms with van der Waals surface area (Å²) in [6.07, 6.45) is 3.25. The van der Waals surface area contributed by atoms with Gasteiger partial charge in [0.25, 0.3) is 0 Å². The predicted molar refractivity (Wildman–Crippen MR) is 75.6 cm³/mol. The molecule has 0 saturated heterocycles. The smallest absolute Gasteiger partial charge is 0.165 e. The van der Waals surface area contributed by atoms with E-state index in [4.69, 9.17) is 10.5 Å². The third-order valence-electron chi connectivity index (χ3n) is 4.32. The summed E-state index contributed by atoms with van der Waals surface area (Å²) in [6.45, 7) is 6.37. The van der Waals surface area contributed by atoms with E-state index in [0.29, 0.717) is 11.7 Å². The van der Waals surface area contributed by atoms with E-state index in [1.165, 1.54) is 6.07 Å². The lowest BCUT2D eigenvalue weighted by Crippen LogP contribution is -2.29. The molecule has 0 heterocycles. The molecule has 3 unspecified atom stereocenters. The molecule has 1 aromatic rings. The Morgan fingerprint density at radius 2 is 2.00 bits per heavy atom. The summed E-state index contributed by atoms with van der Waals surface area (Å²) >= 11 is 0. The average molecular weight is 265 g/mol. The third-order valence-corrected chi connectivity index (χ3v) is 4.32. The van der Waals surface area contributed by atoms with Crippen molar-refractivity contribution in [3.63, 3.8) is 0 Å². The van der Waals surface area contributed by atoms with Crippen molar-refractivity contribution in [2.45, 2.75) is 52.2 Å². The van der Waals surface area contributed by atoms with Gasteiger partial charge in [-0.2, -0.15) is 0 Å². The van der Waals surface area contributed by atoms with Crippen molar-refractivity contribution < 1.29 is 9.13 Å². The lowest BCUT2D eigenvalue weighted by Gasteiger charge is -2.33. The molecular weight excluding hydrogens is 241 g/mol. The Morgan fingerprint density at radius 3 is 2.63 bits per heavy atom. The molecule has 2 rings (SSSR count). The molecule has 2 N–H and O–H groups in total. The van der Waals surface area contributed by atoms with Crippen LogP contribution < -0.4 is 10.5 Å². The Balaban J connectivity index is 2.15. The van der Waals surface area contributed by atoms with Gasteiger partial charge in [-0.15, -0.1) is 0 Å². The van der Waals surface area contributed by atoms with Crippen LogP contribution in [0.1, 0.15) is 51.6 Å². The minimum absolute atomic E-state index is 0.112. The molecule has 0 spiro atoms. The van der Waals surface area contributed by atoms with E-state index < -0.39 is 0 Å². The number of ether oxygens (including phenoxy) is 1. The fraction of sp³-hybridized carbons (Fsp3) is 0.625. The molecule has 1 aliphatic rings. The standard InChI is InChI=1S/C16H24FNO/c1-10-7-8-13(9-11(10)2)19-16-14(12(3)18)5-4-6-15(16)17/h4-6,10-13H,7-9,18H2,1-3H3/t10?,11?,12-,13?/m0/s1. The van der Waals surface area contributed by atoms with Crippen LogP contribution in [-0.4, -0.2) is 6.10 Å². The van der Waals surface area contributed by atoms with Crippen molar-refractivity contribution in [3.8, 4) is 5.75 Å². The molecule has 4 atom stereocenters. The van der Waals surface area contributed by atoms with Crippen molar-refractivity contribution in [1.29, 1.82) is 0 Å². The normalized spacial score (nSPS) is 29.0. The molecule has 1 aromatic carbocycles. The molecule has 0 amide bonds. The van der Waals surface area contributed by atoms with Gasteiger partial charge in [-0.25, -0.2) is 4.39 Å². The van der Waals surface area contributed by atoms with E-state index in [0.717, 1.165) is 30.7 Å². The molecule has 3 heteroatoms. The Morgan fingerprint density at radius 1 is 1.26 bits per heavy atom. The molecule has 0 radical (unpaired) electrons. The zero-order chi connectivity index (χ0) is 14.0. The van der Waals surface area contributed by atoms with E-state index in [-0.39, 0.29) is 18.0 Å². The second-order valence-electron chi connectivity index (χ2n) is 5.95. The number of hydrogen-bond acceptors (Lipinski definition) is 2. The lowest BCUT2D eigenvalue weighted by molar-refractivity contribution is 0.0955. The van der Waals surface area contributed by atoms with Crippen LogP contribution in [0.5, 0.6) is 5.75 Å². The molecule has 0 aliphatic heterocycles. The van der Waals surface area contributed by atoms with E-state index in [1.807, 2.05) is 13.0 Å². The maximum atomic E-state index is 14.0. The molecule has 1 aliphatic carbocycles. The average Bonchev–Trinajstić information content (AvgIpc) is 2.36. The van der Waals surface area contributed by atoms with Crippen molar-refractivity contribution in [1.82, 2.24) is 0 Å². The van der Waals surface area contributed by atoms with Crippen LogP contribution >= 0.6 is 0 Å². The zero-order valence-electron chi connectivity index (χ0n) is 12.0. The van der Waals surface area contributed by atoms with Crippen LogP contribution in [0.4, 0.5) is 4.39 Å². The summed E-state index contributed by atoms with van der Waals surface area (Å²) in [5.41, 5.74) is 6.65. The Kier molecular flexibility index (Phi) is 4.46. The summed E-state index contributed by atoms with van der Waals surface area (Å²) in [5, 5.41) is 0. The predicted octanol–water partition coefficient (Wildman–Crippen LogP) is 4.05. The van der Waals surface area contributed by atoms with Crippen LogP contribution in [0.25, 0.3) is 0 Å². The largest absolute Gasteiger partial charge is 0.487 e. The van der Waals surface area contributed by atoms with Crippen molar-refractivity contribution >= 4 is 0 Å². The Labute approximate surface area is 115 Å². The maximum absolute atomic E-state index is 14.0. The molecule has 1 saturated carbocycles.